The van der Waals surface area contributed by atoms with Crippen molar-refractivity contribution in [2.75, 3.05) is 0 Å². The summed E-state index contributed by atoms with van der Waals surface area (Å²) >= 11 is 0. The molecule has 2 aromatic carbocycles. The summed E-state index contributed by atoms with van der Waals surface area (Å²) in [6.45, 7) is 2.17. The van der Waals surface area contributed by atoms with E-state index in [1.54, 1.807) is 0 Å². The number of nitrogens with one attached hydrogen (secondary N) is 1. The van der Waals surface area contributed by atoms with Crippen molar-refractivity contribution in [2.45, 2.75) is 32.4 Å². The van der Waals surface area contributed by atoms with Crippen LogP contribution in [0, 0.1) is 17.5 Å². The van der Waals surface area contributed by atoms with E-state index in [0.717, 1.165) is 18.9 Å². The zero-order valence-electron chi connectivity index (χ0n) is 11.9. The van der Waals surface area contributed by atoms with Gasteiger partial charge in [-0.25, -0.2) is 13.2 Å². The molecule has 0 aliphatic heterocycles. The first-order valence-electron chi connectivity index (χ1n) is 6.97. The van der Waals surface area contributed by atoms with Gasteiger partial charge in [0.15, 0.2) is 11.6 Å². The van der Waals surface area contributed by atoms with Gasteiger partial charge >= 0.3 is 0 Å². The van der Waals surface area contributed by atoms with Gasteiger partial charge in [0.05, 0.1) is 0 Å². The molecular formula is C17H18F3N. The van der Waals surface area contributed by atoms with Crippen molar-refractivity contribution in [3.05, 3.63) is 71.0 Å². The molecule has 2 aromatic rings. The Morgan fingerprint density at radius 3 is 2.33 bits per heavy atom. The smallest absolute Gasteiger partial charge is 0.161 e. The number of hydrogen-bond acceptors (Lipinski definition) is 1. The van der Waals surface area contributed by atoms with Gasteiger partial charge in [-0.1, -0.05) is 30.3 Å². The lowest BCUT2D eigenvalue weighted by molar-refractivity contribution is 0.474. The highest BCUT2D eigenvalue weighted by molar-refractivity contribution is 5.20. The Labute approximate surface area is 122 Å². The van der Waals surface area contributed by atoms with E-state index in [0.29, 0.717) is 6.07 Å². The molecule has 2 rings (SSSR count). The van der Waals surface area contributed by atoms with Crippen LogP contribution >= 0.6 is 0 Å². The molecule has 0 bridgehead atoms. The van der Waals surface area contributed by atoms with Crippen LogP contribution in [0.4, 0.5) is 13.2 Å². The number of aryl methyl sites for hydroxylation is 1. The molecule has 0 aliphatic carbocycles. The average Bonchev–Trinajstić information content (AvgIpc) is 2.48. The van der Waals surface area contributed by atoms with E-state index < -0.39 is 17.5 Å². The van der Waals surface area contributed by atoms with Crippen LogP contribution in [0.5, 0.6) is 0 Å². The molecule has 0 radical (unpaired) electrons. The van der Waals surface area contributed by atoms with Crippen LogP contribution in [0.2, 0.25) is 0 Å². The van der Waals surface area contributed by atoms with E-state index in [4.69, 9.17) is 0 Å². The fraction of sp³-hybridized carbons (Fsp3) is 0.294. The van der Waals surface area contributed by atoms with Crippen LogP contribution in [0.15, 0.2) is 42.5 Å². The maximum atomic E-state index is 13.5. The number of benzene rings is 2. The minimum atomic E-state index is -1.16. The van der Waals surface area contributed by atoms with Crippen molar-refractivity contribution in [3.63, 3.8) is 0 Å². The molecule has 21 heavy (non-hydrogen) atoms. The van der Waals surface area contributed by atoms with E-state index >= 15 is 0 Å². The van der Waals surface area contributed by atoms with Crippen LogP contribution in [0.1, 0.15) is 24.5 Å². The van der Waals surface area contributed by atoms with Crippen LogP contribution < -0.4 is 5.32 Å². The van der Waals surface area contributed by atoms with Crippen molar-refractivity contribution in [1.82, 2.24) is 5.32 Å². The molecule has 0 aromatic heterocycles. The SMILES string of the molecule is CC(CCc1ccccc1)NCc1cc(F)c(F)cc1F. The second-order valence-corrected chi connectivity index (χ2v) is 5.16. The summed E-state index contributed by atoms with van der Waals surface area (Å²) in [6, 6.07) is 11.7. The Morgan fingerprint density at radius 2 is 1.62 bits per heavy atom. The minimum absolute atomic E-state index is 0.139. The van der Waals surface area contributed by atoms with Gasteiger partial charge in [-0.2, -0.15) is 0 Å². The molecule has 0 spiro atoms. The van der Waals surface area contributed by atoms with Gasteiger partial charge in [0.1, 0.15) is 5.82 Å². The third-order valence-corrected chi connectivity index (χ3v) is 3.44. The van der Waals surface area contributed by atoms with Crippen molar-refractivity contribution >= 4 is 0 Å². The molecule has 112 valence electrons. The van der Waals surface area contributed by atoms with Gasteiger partial charge in [-0.05, 0) is 31.4 Å². The summed E-state index contributed by atoms with van der Waals surface area (Å²) in [4.78, 5) is 0. The molecule has 1 nitrogen and oxygen atoms in total. The normalized spacial score (nSPS) is 12.4. The quantitative estimate of drug-likeness (QED) is 0.787. The maximum Gasteiger partial charge on any atom is 0.161 e. The first-order chi connectivity index (χ1) is 10.1. The largest absolute Gasteiger partial charge is 0.310 e. The predicted octanol–water partition coefficient (Wildman–Crippen LogP) is 4.21. The molecular weight excluding hydrogens is 275 g/mol. The monoisotopic (exact) mass is 293 g/mol. The Balaban J connectivity index is 1.84. The zero-order valence-corrected chi connectivity index (χ0v) is 11.9. The molecule has 1 N–H and O–H groups in total. The van der Waals surface area contributed by atoms with Gasteiger partial charge in [0.2, 0.25) is 0 Å². The van der Waals surface area contributed by atoms with E-state index in [9.17, 15) is 13.2 Å². The van der Waals surface area contributed by atoms with Crippen molar-refractivity contribution < 1.29 is 13.2 Å². The van der Waals surface area contributed by atoms with Crippen LogP contribution in [-0.2, 0) is 13.0 Å². The zero-order chi connectivity index (χ0) is 15.2. The van der Waals surface area contributed by atoms with Crippen LogP contribution in [0.25, 0.3) is 0 Å². The molecule has 0 aliphatic rings. The molecule has 0 saturated carbocycles. The Kier molecular flexibility index (Phi) is 5.39. The van der Waals surface area contributed by atoms with E-state index in [1.807, 2.05) is 25.1 Å². The van der Waals surface area contributed by atoms with Gasteiger partial charge < -0.3 is 5.32 Å². The highest BCUT2D eigenvalue weighted by Gasteiger charge is 2.10. The summed E-state index contributed by atoms with van der Waals surface area (Å²) in [5.41, 5.74) is 1.38. The third kappa shape index (κ3) is 4.60. The molecule has 0 fully saturated rings. The number of hydrogen-bond donors (Lipinski definition) is 1. The average molecular weight is 293 g/mol. The lowest BCUT2D eigenvalue weighted by Gasteiger charge is -2.14. The van der Waals surface area contributed by atoms with Crippen LogP contribution in [0.3, 0.4) is 0 Å². The standard InChI is InChI=1S/C17H18F3N/c1-12(7-8-13-5-3-2-4-6-13)21-11-14-9-16(19)17(20)10-15(14)18/h2-6,9-10,12,21H,7-8,11H2,1H3. The third-order valence-electron chi connectivity index (χ3n) is 3.44. The second kappa shape index (κ2) is 7.27. The number of halogens is 3. The van der Waals surface area contributed by atoms with Crippen molar-refractivity contribution in [1.29, 1.82) is 0 Å². The van der Waals surface area contributed by atoms with E-state index in [-0.39, 0.29) is 18.2 Å². The lowest BCUT2D eigenvalue weighted by atomic mass is 10.1. The summed E-state index contributed by atoms with van der Waals surface area (Å²) in [6.07, 6.45) is 1.80. The second-order valence-electron chi connectivity index (χ2n) is 5.16. The van der Waals surface area contributed by atoms with E-state index in [2.05, 4.69) is 17.4 Å². The summed E-state index contributed by atoms with van der Waals surface area (Å²) in [7, 11) is 0. The van der Waals surface area contributed by atoms with Gasteiger partial charge in [-0.3, -0.25) is 0 Å². The van der Waals surface area contributed by atoms with Crippen molar-refractivity contribution in [3.8, 4) is 0 Å². The highest BCUT2D eigenvalue weighted by Crippen LogP contribution is 2.14. The molecule has 1 unspecified atom stereocenters. The first kappa shape index (κ1) is 15.6. The Morgan fingerprint density at radius 1 is 0.952 bits per heavy atom. The fourth-order valence-electron chi connectivity index (χ4n) is 2.11. The van der Waals surface area contributed by atoms with Gasteiger partial charge in [0, 0.05) is 24.2 Å². The highest BCUT2D eigenvalue weighted by atomic mass is 19.2. The summed E-state index contributed by atoms with van der Waals surface area (Å²) in [5.74, 6) is -2.91. The fourth-order valence-corrected chi connectivity index (χ4v) is 2.11. The molecule has 4 heteroatoms. The molecule has 0 amide bonds. The predicted molar refractivity (Wildman–Crippen MR) is 77.4 cm³/mol. The Hall–Kier alpha value is -1.81. The van der Waals surface area contributed by atoms with Crippen molar-refractivity contribution in [2.24, 2.45) is 0 Å². The molecule has 0 saturated heterocycles. The lowest BCUT2D eigenvalue weighted by Crippen LogP contribution is -2.26. The number of rotatable bonds is 6. The van der Waals surface area contributed by atoms with Gasteiger partial charge in [-0.15, -0.1) is 0 Å². The first-order valence-corrected chi connectivity index (χ1v) is 6.97. The molecule has 0 heterocycles. The molecule has 1 atom stereocenters. The van der Waals surface area contributed by atoms with E-state index in [1.165, 1.54) is 5.56 Å². The topological polar surface area (TPSA) is 12.0 Å². The summed E-state index contributed by atoms with van der Waals surface area (Å²) < 4.78 is 39.4. The summed E-state index contributed by atoms with van der Waals surface area (Å²) in [5, 5.41) is 3.13. The van der Waals surface area contributed by atoms with Crippen LogP contribution in [-0.4, -0.2) is 6.04 Å². The maximum absolute atomic E-state index is 13.5. The minimum Gasteiger partial charge on any atom is -0.310 e. The Bertz CT molecular complexity index is 584. The van der Waals surface area contributed by atoms with Gasteiger partial charge in [0.25, 0.3) is 0 Å².